The van der Waals surface area contributed by atoms with Crippen molar-refractivity contribution in [2.75, 3.05) is 6.61 Å². The van der Waals surface area contributed by atoms with Crippen LogP contribution in [0.3, 0.4) is 0 Å². The molecule has 0 fully saturated rings. The lowest BCUT2D eigenvalue weighted by molar-refractivity contribution is -0.139. The maximum absolute atomic E-state index is 10.7. The van der Waals surface area contributed by atoms with Crippen molar-refractivity contribution in [1.29, 1.82) is 0 Å². The first kappa shape index (κ1) is 19.5. The Hall–Kier alpha value is -3.27. The maximum atomic E-state index is 10.7. The van der Waals surface area contributed by atoms with E-state index in [-0.39, 0.29) is 12.4 Å². The van der Waals surface area contributed by atoms with Crippen LogP contribution in [0, 0.1) is 13.8 Å². The lowest BCUT2D eigenvalue weighted by Gasteiger charge is -2.14. The minimum atomic E-state index is -0.978. The predicted molar refractivity (Wildman–Crippen MR) is 109 cm³/mol. The number of phenols is 1. The van der Waals surface area contributed by atoms with Crippen LogP contribution in [-0.2, 0) is 17.6 Å². The van der Waals surface area contributed by atoms with Crippen molar-refractivity contribution >= 4 is 5.97 Å². The molecule has 0 atom stereocenters. The highest BCUT2D eigenvalue weighted by Gasteiger charge is 2.09. The van der Waals surface area contributed by atoms with Gasteiger partial charge in [-0.05, 0) is 78.3 Å². The van der Waals surface area contributed by atoms with Gasteiger partial charge in [-0.2, -0.15) is 0 Å². The average molecular weight is 376 g/mol. The van der Waals surface area contributed by atoms with Gasteiger partial charge in [-0.1, -0.05) is 42.5 Å². The fraction of sp³-hybridized carbons (Fsp3) is 0.208. The SMILES string of the molecule is Cc1c(Cc2ccc(Cc3ccc(O)cc3)cc2)ccc(OCC(=O)O)c1C. The Balaban J connectivity index is 1.69. The van der Waals surface area contributed by atoms with Gasteiger partial charge >= 0.3 is 5.97 Å². The Kier molecular flexibility index (Phi) is 5.99. The first-order chi connectivity index (χ1) is 13.4. The zero-order chi connectivity index (χ0) is 20.1. The third kappa shape index (κ3) is 4.92. The molecule has 0 aliphatic rings. The van der Waals surface area contributed by atoms with Gasteiger partial charge in [0.05, 0.1) is 0 Å². The van der Waals surface area contributed by atoms with Crippen molar-refractivity contribution in [2.45, 2.75) is 26.7 Å². The van der Waals surface area contributed by atoms with Gasteiger partial charge in [0.15, 0.2) is 6.61 Å². The number of hydrogen-bond donors (Lipinski definition) is 2. The molecule has 3 aromatic rings. The van der Waals surface area contributed by atoms with Crippen molar-refractivity contribution in [3.63, 3.8) is 0 Å². The molecule has 3 aromatic carbocycles. The summed E-state index contributed by atoms with van der Waals surface area (Å²) in [4.78, 5) is 10.7. The van der Waals surface area contributed by atoms with E-state index in [1.165, 1.54) is 16.7 Å². The zero-order valence-electron chi connectivity index (χ0n) is 16.1. The summed E-state index contributed by atoms with van der Waals surface area (Å²) < 4.78 is 5.35. The second-order valence-electron chi connectivity index (χ2n) is 6.99. The summed E-state index contributed by atoms with van der Waals surface area (Å²) in [6, 6.07) is 19.7. The van der Waals surface area contributed by atoms with Crippen molar-refractivity contribution < 1.29 is 19.7 Å². The highest BCUT2D eigenvalue weighted by atomic mass is 16.5. The van der Waals surface area contributed by atoms with E-state index >= 15 is 0 Å². The van der Waals surface area contributed by atoms with Crippen LogP contribution in [0.5, 0.6) is 11.5 Å². The van der Waals surface area contributed by atoms with E-state index in [0.29, 0.717) is 5.75 Å². The first-order valence-electron chi connectivity index (χ1n) is 9.22. The van der Waals surface area contributed by atoms with Gasteiger partial charge < -0.3 is 14.9 Å². The molecule has 0 heterocycles. The van der Waals surface area contributed by atoms with Crippen molar-refractivity contribution in [1.82, 2.24) is 0 Å². The number of aliphatic carboxylic acids is 1. The summed E-state index contributed by atoms with van der Waals surface area (Å²) in [5, 5.41) is 18.2. The molecule has 0 aliphatic carbocycles. The number of hydrogen-bond acceptors (Lipinski definition) is 3. The molecule has 2 N–H and O–H groups in total. The van der Waals surface area contributed by atoms with Crippen molar-refractivity contribution in [3.05, 3.63) is 94.0 Å². The third-order valence-corrected chi connectivity index (χ3v) is 4.96. The van der Waals surface area contributed by atoms with Crippen LogP contribution < -0.4 is 4.74 Å². The van der Waals surface area contributed by atoms with Crippen LogP contribution in [0.1, 0.15) is 33.4 Å². The number of phenolic OH excluding ortho intramolecular Hbond substituents is 1. The molecule has 0 aromatic heterocycles. The number of ether oxygens (including phenoxy) is 1. The molecule has 144 valence electrons. The molecule has 0 amide bonds. The van der Waals surface area contributed by atoms with E-state index in [9.17, 15) is 9.90 Å². The average Bonchev–Trinajstić information content (AvgIpc) is 2.68. The Labute approximate surface area is 165 Å². The second kappa shape index (κ2) is 8.61. The van der Waals surface area contributed by atoms with Crippen LogP contribution in [0.2, 0.25) is 0 Å². The monoisotopic (exact) mass is 376 g/mol. The molecule has 0 saturated carbocycles. The fourth-order valence-corrected chi connectivity index (χ4v) is 3.18. The van der Waals surface area contributed by atoms with Crippen molar-refractivity contribution in [3.8, 4) is 11.5 Å². The molecule has 3 rings (SSSR count). The summed E-state index contributed by atoms with van der Waals surface area (Å²) in [5.41, 5.74) is 6.90. The molecular weight excluding hydrogens is 352 g/mol. The van der Waals surface area contributed by atoms with Crippen LogP contribution in [-0.4, -0.2) is 22.8 Å². The summed E-state index contributed by atoms with van der Waals surface area (Å²) in [6.07, 6.45) is 1.64. The molecular formula is C24H24O4. The standard InChI is InChI=1S/C24H24O4/c1-16-17(2)23(28-15-24(26)27)12-9-21(16)14-20-5-3-18(4-6-20)13-19-7-10-22(25)11-8-19/h3-12,25H,13-15H2,1-2H3,(H,26,27). The number of benzene rings is 3. The van der Waals surface area contributed by atoms with E-state index in [0.717, 1.165) is 29.5 Å². The number of aromatic hydroxyl groups is 1. The predicted octanol–water partition coefficient (Wildman–Crippen LogP) is 4.65. The van der Waals surface area contributed by atoms with E-state index in [1.807, 2.05) is 38.1 Å². The van der Waals surface area contributed by atoms with Gasteiger partial charge in [-0.15, -0.1) is 0 Å². The summed E-state index contributed by atoms with van der Waals surface area (Å²) in [6.45, 7) is 3.66. The van der Waals surface area contributed by atoms with E-state index in [4.69, 9.17) is 9.84 Å². The van der Waals surface area contributed by atoms with Crippen LogP contribution in [0.25, 0.3) is 0 Å². The van der Waals surface area contributed by atoms with Crippen molar-refractivity contribution in [2.24, 2.45) is 0 Å². The fourth-order valence-electron chi connectivity index (χ4n) is 3.18. The Morgan fingerprint density at radius 1 is 0.786 bits per heavy atom. The Morgan fingerprint density at radius 2 is 1.32 bits per heavy atom. The molecule has 0 aliphatic heterocycles. The highest BCUT2D eigenvalue weighted by molar-refractivity contribution is 5.68. The minimum absolute atomic E-state index is 0.282. The highest BCUT2D eigenvalue weighted by Crippen LogP contribution is 2.26. The number of carboxylic acids is 1. The Bertz CT molecular complexity index is 957. The van der Waals surface area contributed by atoms with Crippen LogP contribution >= 0.6 is 0 Å². The number of carboxylic acid groups (broad SMARTS) is 1. The lowest BCUT2D eigenvalue weighted by atomic mass is 9.95. The van der Waals surface area contributed by atoms with Gasteiger partial charge in [0, 0.05) is 0 Å². The van der Waals surface area contributed by atoms with Gasteiger partial charge in [0.1, 0.15) is 11.5 Å². The Morgan fingerprint density at radius 3 is 1.89 bits per heavy atom. The third-order valence-electron chi connectivity index (χ3n) is 4.96. The second-order valence-corrected chi connectivity index (χ2v) is 6.99. The molecule has 4 nitrogen and oxygen atoms in total. The minimum Gasteiger partial charge on any atom is -0.508 e. The topological polar surface area (TPSA) is 66.8 Å². The van der Waals surface area contributed by atoms with E-state index in [2.05, 4.69) is 24.3 Å². The normalized spacial score (nSPS) is 10.6. The van der Waals surface area contributed by atoms with E-state index in [1.54, 1.807) is 12.1 Å². The van der Waals surface area contributed by atoms with Gasteiger partial charge in [-0.25, -0.2) is 4.79 Å². The molecule has 0 spiro atoms. The van der Waals surface area contributed by atoms with Crippen LogP contribution in [0.4, 0.5) is 0 Å². The molecule has 0 bridgehead atoms. The molecule has 0 unspecified atom stereocenters. The summed E-state index contributed by atoms with van der Waals surface area (Å²) in [7, 11) is 0. The molecule has 28 heavy (non-hydrogen) atoms. The molecule has 0 radical (unpaired) electrons. The summed E-state index contributed by atoms with van der Waals surface area (Å²) in [5.74, 6) is -0.0782. The molecule has 4 heteroatoms. The maximum Gasteiger partial charge on any atom is 0.341 e. The van der Waals surface area contributed by atoms with Gasteiger partial charge in [0.2, 0.25) is 0 Å². The quantitative estimate of drug-likeness (QED) is 0.630. The van der Waals surface area contributed by atoms with Crippen LogP contribution in [0.15, 0.2) is 60.7 Å². The van der Waals surface area contributed by atoms with E-state index < -0.39 is 5.97 Å². The molecule has 0 saturated heterocycles. The van der Waals surface area contributed by atoms with Gasteiger partial charge in [0.25, 0.3) is 0 Å². The smallest absolute Gasteiger partial charge is 0.341 e. The first-order valence-corrected chi connectivity index (χ1v) is 9.22. The zero-order valence-corrected chi connectivity index (χ0v) is 16.1. The number of carbonyl (C=O) groups is 1. The van der Waals surface area contributed by atoms with Gasteiger partial charge in [-0.3, -0.25) is 0 Å². The summed E-state index contributed by atoms with van der Waals surface area (Å²) >= 11 is 0. The number of rotatable bonds is 7. The largest absolute Gasteiger partial charge is 0.508 e. The lowest BCUT2D eigenvalue weighted by Crippen LogP contribution is -2.10.